The van der Waals surface area contributed by atoms with Crippen molar-refractivity contribution in [3.63, 3.8) is 0 Å². The van der Waals surface area contributed by atoms with Gasteiger partial charge in [0.2, 0.25) is 5.91 Å². The Labute approximate surface area is 245 Å². The van der Waals surface area contributed by atoms with Crippen molar-refractivity contribution >= 4 is 23.5 Å². The van der Waals surface area contributed by atoms with Gasteiger partial charge in [-0.25, -0.2) is 4.79 Å². The molecule has 3 aromatic rings. The molecule has 0 aliphatic carbocycles. The number of carbonyl (C=O) groups excluding carboxylic acids is 2. The molecule has 2 fully saturated rings. The number of benzene rings is 3. The van der Waals surface area contributed by atoms with Crippen molar-refractivity contribution in [2.75, 3.05) is 20.2 Å². The average Bonchev–Trinajstić information content (AvgIpc) is 3.59. The second-order valence-electron chi connectivity index (χ2n) is 10.9. The Bertz CT molecular complexity index is 1480. The Morgan fingerprint density at radius 3 is 2.22 bits per heavy atom. The van der Waals surface area contributed by atoms with Gasteiger partial charge in [-0.2, -0.15) is 10.5 Å². The van der Waals surface area contributed by atoms with E-state index in [-0.39, 0.29) is 5.91 Å². The number of likely N-dealkylation sites (tertiary alicyclic amines) is 2. The van der Waals surface area contributed by atoms with Gasteiger partial charge in [0.1, 0.15) is 6.04 Å². The van der Waals surface area contributed by atoms with E-state index in [1.807, 2.05) is 49.4 Å². The first kappa shape index (κ1) is 28.4. The number of carbonyl (C=O) groups is 2. The summed E-state index contributed by atoms with van der Waals surface area (Å²) in [5.74, 6) is -2.26. The highest BCUT2D eigenvalue weighted by Gasteiger charge is 2.66. The molecule has 2 aliphatic heterocycles. The maximum Gasteiger partial charge on any atom is 0.329 e. The Kier molecular flexibility index (Phi) is 8.13. The molecule has 2 aliphatic rings. The average molecular weight is 567 g/mol. The molecular formula is C33H31ClN4O3. The van der Waals surface area contributed by atoms with E-state index >= 15 is 0 Å². The van der Waals surface area contributed by atoms with Gasteiger partial charge in [-0.3, -0.25) is 9.69 Å². The van der Waals surface area contributed by atoms with Crippen LogP contribution in [0.4, 0.5) is 0 Å². The van der Waals surface area contributed by atoms with Crippen LogP contribution < -0.4 is 0 Å². The molecule has 1 unspecified atom stereocenters. The lowest BCUT2D eigenvalue weighted by Crippen LogP contribution is -2.47. The summed E-state index contributed by atoms with van der Waals surface area (Å²) in [6, 6.07) is 26.6. The summed E-state index contributed by atoms with van der Waals surface area (Å²) in [4.78, 5) is 31.8. The maximum absolute atomic E-state index is 14.5. The summed E-state index contributed by atoms with van der Waals surface area (Å²) in [5.41, 5.74) is 1.57. The first-order chi connectivity index (χ1) is 19.8. The summed E-state index contributed by atoms with van der Waals surface area (Å²) in [6.07, 6.45) is 0.602. The van der Waals surface area contributed by atoms with Crippen molar-refractivity contribution in [1.82, 2.24) is 9.80 Å². The molecule has 7 nitrogen and oxygen atoms in total. The number of amides is 1. The van der Waals surface area contributed by atoms with Gasteiger partial charge in [-0.05, 0) is 48.7 Å². The molecule has 0 saturated carbocycles. The van der Waals surface area contributed by atoms with Crippen molar-refractivity contribution in [3.05, 3.63) is 106 Å². The van der Waals surface area contributed by atoms with E-state index < -0.39 is 35.3 Å². The number of ether oxygens (including phenoxy) is 1. The second-order valence-corrected chi connectivity index (χ2v) is 11.3. The van der Waals surface area contributed by atoms with Crippen molar-refractivity contribution in [2.24, 2.45) is 11.3 Å². The lowest BCUT2D eigenvalue weighted by Gasteiger charge is -2.33. The highest BCUT2D eigenvalue weighted by atomic mass is 35.5. The van der Waals surface area contributed by atoms with E-state index in [9.17, 15) is 20.1 Å². The van der Waals surface area contributed by atoms with E-state index in [1.54, 1.807) is 24.3 Å². The molecule has 8 heteroatoms. The maximum atomic E-state index is 14.5. The minimum Gasteiger partial charge on any atom is -0.467 e. The molecule has 5 rings (SSSR count). The Balaban J connectivity index is 1.61. The van der Waals surface area contributed by atoms with Gasteiger partial charge in [0.25, 0.3) is 0 Å². The molecule has 41 heavy (non-hydrogen) atoms. The van der Waals surface area contributed by atoms with Crippen LogP contribution in [0.3, 0.4) is 0 Å². The number of halogens is 1. The van der Waals surface area contributed by atoms with Gasteiger partial charge in [0.05, 0.1) is 31.2 Å². The summed E-state index contributed by atoms with van der Waals surface area (Å²) in [7, 11) is 1.27. The number of aryl methyl sites for hydroxylation is 1. The summed E-state index contributed by atoms with van der Waals surface area (Å²) < 4.78 is 5.26. The number of hydrogen-bond donors (Lipinski definition) is 0. The topological polar surface area (TPSA) is 97.4 Å². The number of methoxy groups -OCH3 is 1. The van der Waals surface area contributed by atoms with Crippen LogP contribution in [-0.2, 0) is 20.9 Å². The van der Waals surface area contributed by atoms with Crippen LogP contribution in [0.15, 0.2) is 78.9 Å². The largest absolute Gasteiger partial charge is 0.467 e. The fourth-order valence-electron chi connectivity index (χ4n) is 6.40. The lowest BCUT2D eigenvalue weighted by molar-refractivity contribution is -0.154. The van der Waals surface area contributed by atoms with Gasteiger partial charge < -0.3 is 9.64 Å². The van der Waals surface area contributed by atoms with Gasteiger partial charge in [0.15, 0.2) is 5.41 Å². The third-order valence-electron chi connectivity index (χ3n) is 8.38. The Hall–Kier alpha value is -4.17. The van der Waals surface area contributed by atoms with Crippen LogP contribution >= 0.6 is 11.6 Å². The number of nitriles is 2. The SMILES string of the molecule is COC(=O)[C@H]1[C@H](c2ccc(C)cc2)C(C#N)(C#N)[C@H](c2ccc(Cl)cc2)N1C(=O)C1CCN(Cc2ccccc2)C1. The molecule has 2 saturated heterocycles. The van der Waals surface area contributed by atoms with Crippen molar-refractivity contribution in [2.45, 2.75) is 37.9 Å². The van der Waals surface area contributed by atoms with E-state index in [0.717, 1.165) is 17.7 Å². The minimum atomic E-state index is -1.76. The predicted octanol–water partition coefficient (Wildman–Crippen LogP) is 5.41. The number of hydrogen-bond acceptors (Lipinski definition) is 6. The highest BCUT2D eigenvalue weighted by Crippen LogP contribution is 2.58. The smallest absolute Gasteiger partial charge is 0.329 e. The molecule has 0 radical (unpaired) electrons. The zero-order chi connectivity index (χ0) is 29.1. The monoisotopic (exact) mass is 566 g/mol. The van der Waals surface area contributed by atoms with Crippen LogP contribution in [0.2, 0.25) is 5.02 Å². The van der Waals surface area contributed by atoms with Crippen LogP contribution in [0.1, 0.15) is 40.6 Å². The molecule has 1 amide bonds. The lowest BCUT2D eigenvalue weighted by atomic mass is 9.68. The van der Waals surface area contributed by atoms with Gasteiger partial charge in [0, 0.05) is 24.0 Å². The molecule has 208 valence electrons. The van der Waals surface area contributed by atoms with Gasteiger partial charge in [-0.15, -0.1) is 0 Å². The zero-order valence-electron chi connectivity index (χ0n) is 23.0. The minimum absolute atomic E-state index is 0.264. The highest BCUT2D eigenvalue weighted by molar-refractivity contribution is 6.30. The van der Waals surface area contributed by atoms with E-state index in [1.165, 1.54) is 12.0 Å². The molecule has 4 atom stereocenters. The number of rotatable bonds is 6. The van der Waals surface area contributed by atoms with E-state index in [2.05, 4.69) is 29.2 Å². The summed E-state index contributed by atoms with van der Waals surface area (Å²) in [5, 5.41) is 22.0. The number of esters is 1. The summed E-state index contributed by atoms with van der Waals surface area (Å²) >= 11 is 6.19. The third kappa shape index (κ3) is 5.20. The van der Waals surface area contributed by atoms with Crippen molar-refractivity contribution < 1.29 is 14.3 Å². The fraction of sp³-hybridized carbons (Fsp3) is 0.333. The quantitative estimate of drug-likeness (QED) is 0.370. The molecule has 3 aromatic carbocycles. The molecule has 0 N–H and O–H groups in total. The van der Waals surface area contributed by atoms with Crippen LogP contribution in [0.5, 0.6) is 0 Å². The van der Waals surface area contributed by atoms with Crippen LogP contribution in [-0.4, -0.2) is 47.9 Å². The Morgan fingerprint density at radius 1 is 0.976 bits per heavy atom. The standard InChI is InChI=1S/C33H31ClN4O3/c1-22-8-10-24(11-9-22)28-29(32(40)41-2)38(30(33(28,20-35)21-36)25-12-14-27(34)15-13-25)31(39)26-16-17-37(19-26)18-23-6-4-3-5-7-23/h3-15,26,28-30H,16-19H2,1-2H3/t26?,28-,29+,30-/m0/s1. The molecule has 2 heterocycles. The van der Waals surface area contributed by atoms with E-state index in [0.29, 0.717) is 35.7 Å². The van der Waals surface area contributed by atoms with Gasteiger partial charge in [-0.1, -0.05) is 83.9 Å². The van der Waals surface area contributed by atoms with Crippen LogP contribution in [0, 0.1) is 40.9 Å². The molecule has 0 spiro atoms. The zero-order valence-corrected chi connectivity index (χ0v) is 23.8. The summed E-state index contributed by atoms with van der Waals surface area (Å²) in [6.45, 7) is 3.87. The number of nitrogens with zero attached hydrogens (tertiary/aromatic N) is 4. The second kappa shape index (κ2) is 11.7. The normalized spacial score (nSPS) is 23.5. The van der Waals surface area contributed by atoms with Crippen LogP contribution in [0.25, 0.3) is 0 Å². The molecule has 0 bridgehead atoms. The third-order valence-corrected chi connectivity index (χ3v) is 8.63. The van der Waals surface area contributed by atoms with E-state index in [4.69, 9.17) is 16.3 Å². The van der Waals surface area contributed by atoms with Crippen molar-refractivity contribution in [3.8, 4) is 12.1 Å². The first-order valence-corrected chi connectivity index (χ1v) is 14.0. The van der Waals surface area contributed by atoms with Gasteiger partial charge >= 0.3 is 5.97 Å². The Morgan fingerprint density at radius 2 is 1.61 bits per heavy atom. The van der Waals surface area contributed by atoms with Crippen molar-refractivity contribution in [1.29, 1.82) is 10.5 Å². The first-order valence-electron chi connectivity index (χ1n) is 13.6. The molecular weight excluding hydrogens is 536 g/mol. The fourth-order valence-corrected chi connectivity index (χ4v) is 6.52. The molecule has 0 aromatic heterocycles. The predicted molar refractivity (Wildman–Crippen MR) is 154 cm³/mol.